The van der Waals surface area contributed by atoms with Crippen molar-refractivity contribution in [3.63, 3.8) is 0 Å². The van der Waals surface area contributed by atoms with Gasteiger partial charge in [0.25, 0.3) is 0 Å². The first-order chi connectivity index (χ1) is 6.68. The highest BCUT2D eigenvalue weighted by Crippen LogP contribution is 2.02. The molecular weight excluding hydrogens is 248 g/mol. The SMILES string of the molecule is C=C(Br)CNC(=O)CC1CNCCO1. The molecule has 1 fully saturated rings. The molecule has 1 amide bonds. The largest absolute Gasteiger partial charge is 0.375 e. The van der Waals surface area contributed by atoms with Gasteiger partial charge < -0.3 is 15.4 Å². The summed E-state index contributed by atoms with van der Waals surface area (Å²) in [5.41, 5.74) is 0. The molecular formula is C9H15BrN2O2. The van der Waals surface area contributed by atoms with Crippen molar-refractivity contribution in [1.29, 1.82) is 0 Å². The average Bonchev–Trinajstić information content (AvgIpc) is 2.16. The molecule has 0 bridgehead atoms. The molecule has 5 heteroatoms. The minimum atomic E-state index is -0.000648. The van der Waals surface area contributed by atoms with Crippen molar-refractivity contribution in [2.45, 2.75) is 12.5 Å². The highest BCUT2D eigenvalue weighted by molar-refractivity contribution is 9.11. The van der Waals surface area contributed by atoms with Crippen LogP contribution in [0.25, 0.3) is 0 Å². The zero-order valence-corrected chi connectivity index (χ0v) is 9.60. The summed E-state index contributed by atoms with van der Waals surface area (Å²) in [6.07, 6.45) is 0.417. The van der Waals surface area contributed by atoms with Gasteiger partial charge in [0, 0.05) is 24.1 Å². The van der Waals surface area contributed by atoms with Crippen molar-refractivity contribution in [3.8, 4) is 0 Å². The number of amides is 1. The second-order valence-corrected chi connectivity index (χ2v) is 4.32. The number of rotatable bonds is 4. The highest BCUT2D eigenvalue weighted by atomic mass is 79.9. The summed E-state index contributed by atoms with van der Waals surface area (Å²) in [5, 5.41) is 5.91. The van der Waals surface area contributed by atoms with E-state index < -0.39 is 0 Å². The minimum Gasteiger partial charge on any atom is -0.375 e. The predicted molar refractivity (Wildman–Crippen MR) is 58.3 cm³/mol. The van der Waals surface area contributed by atoms with Crippen molar-refractivity contribution in [1.82, 2.24) is 10.6 Å². The molecule has 1 aliphatic rings. The lowest BCUT2D eigenvalue weighted by atomic mass is 10.2. The van der Waals surface area contributed by atoms with Gasteiger partial charge in [-0.15, -0.1) is 0 Å². The Morgan fingerprint density at radius 3 is 3.07 bits per heavy atom. The number of carbonyl (C=O) groups excluding carboxylic acids is 1. The molecule has 0 radical (unpaired) electrons. The molecule has 4 nitrogen and oxygen atoms in total. The molecule has 2 N–H and O–H groups in total. The highest BCUT2D eigenvalue weighted by Gasteiger charge is 2.16. The fraction of sp³-hybridized carbons (Fsp3) is 0.667. The molecule has 1 rings (SSSR count). The summed E-state index contributed by atoms with van der Waals surface area (Å²) in [6, 6.07) is 0. The van der Waals surface area contributed by atoms with Gasteiger partial charge in [-0.25, -0.2) is 0 Å². The van der Waals surface area contributed by atoms with Crippen LogP contribution in [-0.2, 0) is 9.53 Å². The van der Waals surface area contributed by atoms with Crippen LogP contribution in [0, 0.1) is 0 Å². The molecule has 14 heavy (non-hydrogen) atoms. The summed E-state index contributed by atoms with van der Waals surface area (Å²) in [7, 11) is 0. The Labute approximate surface area is 92.2 Å². The molecule has 0 spiro atoms. The normalized spacial score (nSPS) is 21.6. The van der Waals surface area contributed by atoms with Gasteiger partial charge in [-0.05, 0) is 0 Å². The lowest BCUT2D eigenvalue weighted by Crippen LogP contribution is -2.41. The quantitative estimate of drug-likeness (QED) is 0.771. The van der Waals surface area contributed by atoms with Gasteiger partial charge in [0.2, 0.25) is 5.91 Å². The first-order valence-electron chi connectivity index (χ1n) is 4.61. The molecule has 0 aliphatic carbocycles. The summed E-state index contributed by atoms with van der Waals surface area (Å²) < 4.78 is 6.17. The lowest BCUT2D eigenvalue weighted by Gasteiger charge is -2.22. The maximum atomic E-state index is 11.3. The number of morpholine rings is 1. The van der Waals surface area contributed by atoms with E-state index in [2.05, 4.69) is 33.1 Å². The number of carbonyl (C=O) groups is 1. The van der Waals surface area contributed by atoms with E-state index in [1.165, 1.54) is 0 Å². The van der Waals surface area contributed by atoms with Crippen LogP contribution in [0.2, 0.25) is 0 Å². The third-order valence-electron chi connectivity index (χ3n) is 1.89. The molecule has 0 saturated carbocycles. The number of hydrogen-bond donors (Lipinski definition) is 2. The molecule has 1 heterocycles. The average molecular weight is 263 g/mol. The third kappa shape index (κ3) is 4.74. The number of hydrogen-bond acceptors (Lipinski definition) is 3. The van der Waals surface area contributed by atoms with Gasteiger partial charge >= 0.3 is 0 Å². The lowest BCUT2D eigenvalue weighted by molar-refractivity contribution is -0.124. The smallest absolute Gasteiger partial charge is 0.222 e. The van der Waals surface area contributed by atoms with E-state index in [0.717, 1.165) is 17.6 Å². The van der Waals surface area contributed by atoms with Crippen LogP contribution in [0.15, 0.2) is 11.1 Å². The molecule has 1 saturated heterocycles. The predicted octanol–water partition coefficient (Wildman–Crippen LogP) is 0.390. The second-order valence-electron chi connectivity index (χ2n) is 3.20. The fourth-order valence-electron chi connectivity index (χ4n) is 1.22. The topological polar surface area (TPSA) is 50.4 Å². The van der Waals surface area contributed by atoms with Gasteiger partial charge in [-0.1, -0.05) is 22.5 Å². The molecule has 0 aromatic carbocycles. The Hall–Kier alpha value is -0.390. The van der Waals surface area contributed by atoms with E-state index in [1.807, 2.05) is 0 Å². The standard InChI is InChI=1S/C9H15BrN2O2/c1-7(10)5-12-9(13)4-8-6-11-2-3-14-8/h8,11H,1-6H2,(H,12,13). The molecule has 80 valence electrons. The zero-order chi connectivity index (χ0) is 10.4. The van der Waals surface area contributed by atoms with Crippen LogP contribution < -0.4 is 10.6 Å². The summed E-state index contributed by atoms with van der Waals surface area (Å²) in [6.45, 7) is 6.41. The van der Waals surface area contributed by atoms with Crippen molar-refractivity contribution in [2.75, 3.05) is 26.2 Å². The molecule has 1 atom stereocenters. The molecule has 1 unspecified atom stereocenters. The number of halogens is 1. The van der Waals surface area contributed by atoms with Gasteiger partial charge in [-0.2, -0.15) is 0 Å². The van der Waals surface area contributed by atoms with Gasteiger partial charge in [0.15, 0.2) is 0 Å². The first kappa shape index (κ1) is 11.7. The van der Waals surface area contributed by atoms with E-state index in [-0.39, 0.29) is 12.0 Å². The van der Waals surface area contributed by atoms with Crippen LogP contribution in [-0.4, -0.2) is 38.3 Å². The van der Waals surface area contributed by atoms with Crippen molar-refractivity contribution in [2.24, 2.45) is 0 Å². The van der Waals surface area contributed by atoms with E-state index in [9.17, 15) is 4.79 Å². The maximum Gasteiger partial charge on any atom is 0.222 e. The minimum absolute atomic E-state index is 0.000648. The van der Waals surface area contributed by atoms with Crippen molar-refractivity contribution < 1.29 is 9.53 Å². The molecule has 1 aliphatic heterocycles. The zero-order valence-electron chi connectivity index (χ0n) is 8.01. The Kier molecular flexibility index (Phi) is 5.14. The Morgan fingerprint density at radius 2 is 2.50 bits per heavy atom. The second kappa shape index (κ2) is 6.16. The Morgan fingerprint density at radius 1 is 1.71 bits per heavy atom. The van der Waals surface area contributed by atoms with Gasteiger partial charge in [0.05, 0.1) is 19.1 Å². The van der Waals surface area contributed by atoms with Crippen molar-refractivity contribution >= 4 is 21.8 Å². The van der Waals surface area contributed by atoms with Crippen LogP contribution >= 0.6 is 15.9 Å². The summed E-state index contributed by atoms with van der Waals surface area (Å²) in [5.74, 6) is -0.000648. The fourth-order valence-corrected chi connectivity index (χ4v) is 1.36. The monoisotopic (exact) mass is 262 g/mol. The van der Waals surface area contributed by atoms with Gasteiger partial charge in [0.1, 0.15) is 0 Å². The number of nitrogens with one attached hydrogen (secondary N) is 2. The third-order valence-corrected chi connectivity index (χ3v) is 2.18. The molecule has 0 aromatic rings. The summed E-state index contributed by atoms with van der Waals surface area (Å²) in [4.78, 5) is 11.3. The molecule has 0 aromatic heterocycles. The Bertz CT molecular complexity index is 215. The van der Waals surface area contributed by atoms with E-state index in [1.54, 1.807) is 0 Å². The summed E-state index contributed by atoms with van der Waals surface area (Å²) >= 11 is 3.18. The van der Waals surface area contributed by atoms with Crippen LogP contribution in [0.5, 0.6) is 0 Å². The Balaban J connectivity index is 2.15. The number of ether oxygens (including phenoxy) is 1. The van der Waals surface area contributed by atoms with Crippen LogP contribution in [0.3, 0.4) is 0 Å². The van der Waals surface area contributed by atoms with E-state index in [4.69, 9.17) is 4.74 Å². The van der Waals surface area contributed by atoms with Crippen molar-refractivity contribution in [3.05, 3.63) is 11.1 Å². The van der Waals surface area contributed by atoms with Crippen LogP contribution in [0.4, 0.5) is 0 Å². The first-order valence-corrected chi connectivity index (χ1v) is 5.40. The van der Waals surface area contributed by atoms with Crippen LogP contribution in [0.1, 0.15) is 6.42 Å². The van der Waals surface area contributed by atoms with E-state index >= 15 is 0 Å². The maximum absolute atomic E-state index is 11.3. The van der Waals surface area contributed by atoms with E-state index in [0.29, 0.717) is 19.6 Å². The van der Waals surface area contributed by atoms with Gasteiger partial charge in [-0.3, -0.25) is 4.79 Å².